The van der Waals surface area contributed by atoms with Gasteiger partial charge in [0.1, 0.15) is 0 Å². The highest BCUT2D eigenvalue weighted by Crippen LogP contribution is 2.17. The summed E-state index contributed by atoms with van der Waals surface area (Å²) in [7, 11) is 3.95. The topological polar surface area (TPSA) is 72.9 Å². The Kier molecular flexibility index (Phi) is 6.26. The van der Waals surface area contributed by atoms with E-state index in [9.17, 15) is 9.59 Å². The van der Waals surface area contributed by atoms with Crippen LogP contribution >= 0.6 is 0 Å². The summed E-state index contributed by atoms with van der Waals surface area (Å²) in [5.41, 5.74) is 0. The summed E-state index contributed by atoms with van der Waals surface area (Å²) >= 11 is 0. The van der Waals surface area contributed by atoms with Crippen LogP contribution in [0.25, 0.3) is 0 Å². The van der Waals surface area contributed by atoms with E-state index in [4.69, 9.17) is 5.11 Å². The number of carbonyl (C=O) groups is 2. The molecule has 0 aromatic heterocycles. The Balaban J connectivity index is 2.57. The van der Waals surface area contributed by atoms with E-state index in [0.29, 0.717) is 25.4 Å². The second kappa shape index (κ2) is 7.47. The van der Waals surface area contributed by atoms with Crippen LogP contribution in [-0.2, 0) is 4.79 Å². The van der Waals surface area contributed by atoms with E-state index in [0.717, 1.165) is 13.0 Å². The van der Waals surface area contributed by atoms with Crippen molar-refractivity contribution >= 4 is 12.0 Å². The van der Waals surface area contributed by atoms with Gasteiger partial charge in [-0.2, -0.15) is 0 Å². The largest absolute Gasteiger partial charge is 0.481 e. The van der Waals surface area contributed by atoms with Crippen LogP contribution in [0.5, 0.6) is 0 Å². The molecule has 0 bridgehead atoms. The summed E-state index contributed by atoms with van der Waals surface area (Å²) in [4.78, 5) is 27.0. The summed E-state index contributed by atoms with van der Waals surface area (Å²) in [6, 6.07) is -0.0702. The van der Waals surface area contributed by atoms with E-state index in [1.54, 1.807) is 4.90 Å². The number of piperidine rings is 1. The monoisotopic (exact) mass is 285 g/mol. The zero-order valence-electron chi connectivity index (χ0n) is 12.9. The molecule has 1 fully saturated rings. The summed E-state index contributed by atoms with van der Waals surface area (Å²) < 4.78 is 0. The number of likely N-dealkylation sites (tertiary alicyclic amines) is 1. The Morgan fingerprint density at radius 3 is 2.55 bits per heavy atom. The first kappa shape index (κ1) is 16.8. The molecular weight excluding hydrogens is 258 g/mol. The van der Waals surface area contributed by atoms with Crippen molar-refractivity contribution in [2.45, 2.75) is 32.7 Å². The number of urea groups is 1. The number of amides is 2. The number of hydrogen-bond donors (Lipinski definition) is 2. The first-order chi connectivity index (χ1) is 9.31. The van der Waals surface area contributed by atoms with Crippen LogP contribution in [0, 0.1) is 11.8 Å². The molecule has 116 valence electrons. The van der Waals surface area contributed by atoms with Gasteiger partial charge in [0.15, 0.2) is 0 Å². The maximum atomic E-state index is 12.3. The number of nitrogens with one attached hydrogen (secondary N) is 1. The molecule has 2 N–H and O–H groups in total. The molecule has 0 spiro atoms. The number of carbonyl (C=O) groups excluding carboxylic acids is 1. The van der Waals surface area contributed by atoms with Gasteiger partial charge in [-0.1, -0.05) is 13.8 Å². The Labute approximate surface area is 121 Å². The Bertz CT molecular complexity index is 345. The molecule has 1 rings (SSSR count). The van der Waals surface area contributed by atoms with Crippen LogP contribution < -0.4 is 5.32 Å². The fourth-order valence-corrected chi connectivity index (χ4v) is 2.43. The molecule has 1 aliphatic rings. The van der Waals surface area contributed by atoms with Crippen LogP contribution in [-0.4, -0.2) is 66.7 Å². The average Bonchev–Trinajstić information content (AvgIpc) is 2.37. The highest BCUT2D eigenvalue weighted by atomic mass is 16.4. The van der Waals surface area contributed by atoms with E-state index in [-0.39, 0.29) is 12.1 Å². The van der Waals surface area contributed by atoms with Gasteiger partial charge in [-0.3, -0.25) is 4.79 Å². The van der Waals surface area contributed by atoms with Crippen molar-refractivity contribution in [3.63, 3.8) is 0 Å². The van der Waals surface area contributed by atoms with Gasteiger partial charge in [0.2, 0.25) is 0 Å². The fraction of sp³-hybridized carbons (Fsp3) is 0.857. The van der Waals surface area contributed by atoms with Crippen molar-refractivity contribution in [3.8, 4) is 0 Å². The lowest BCUT2D eigenvalue weighted by molar-refractivity contribution is -0.143. The molecule has 0 saturated carbocycles. The smallest absolute Gasteiger partial charge is 0.317 e. The molecule has 0 aromatic carbocycles. The summed E-state index contributed by atoms with van der Waals surface area (Å²) in [5.74, 6) is -0.904. The van der Waals surface area contributed by atoms with Gasteiger partial charge in [-0.25, -0.2) is 4.79 Å². The van der Waals surface area contributed by atoms with Gasteiger partial charge in [0, 0.05) is 25.7 Å². The van der Waals surface area contributed by atoms with Crippen molar-refractivity contribution in [1.29, 1.82) is 0 Å². The molecule has 2 amide bonds. The predicted octanol–water partition coefficient (Wildman–Crippen LogP) is 1.08. The maximum absolute atomic E-state index is 12.3. The lowest BCUT2D eigenvalue weighted by Crippen LogP contribution is -2.53. The molecule has 20 heavy (non-hydrogen) atoms. The minimum atomic E-state index is -0.809. The van der Waals surface area contributed by atoms with Crippen molar-refractivity contribution < 1.29 is 14.7 Å². The Morgan fingerprint density at radius 1 is 1.40 bits per heavy atom. The van der Waals surface area contributed by atoms with Gasteiger partial charge < -0.3 is 20.2 Å². The van der Waals surface area contributed by atoms with Gasteiger partial charge in [-0.15, -0.1) is 0 Å². The third kappa shape index (κ3) is 5.00. The third-order valence-electron chi connectivity index (χ3n) is 3.73. The highest BCUT2D eigenvalue weighted by molar-refractivity contribution is 5.76. The number of hydrogen-bond acceptors (Lipinski definition) is 3. The van der Waals surface area contributed by atoms with E-state index < -0.39 is 11.9 Å². The molecule has 0 aromatic rings. The van der Waals surface area contributed by atoms with Crippen LogP contribution in [0.4, 0.5) is 4.79 Å². The normalized spacial score (nSPS) is 21.1. The molecule has 1 saturated heterocycles. The van der Waals surface area contributed by atoms with Crippen molar-refractivity contribution in [2.24, 2.45) is 11.8 Å². The molecule has 2 atom stereocenters. The number of carboxylic acids is 1. The minimum Gasteiger partial charge on any atom is -0.481 e. The molecule has 6 nitrogen and oxygen atoms in total. The second-order valence-corrected chi connectivity index (χ2v) is 6.19. The van der Waals surface area contributed by atoms with E-state index in [1.165, 1.54) is 0 Å². The number of nitrogens with zero attached hydrogens (tertiary/aromatic N) is 2. The molecule has 1 aliphatic heterocycles. The maximum Gasteiger partial charge on any atom is 0.317 e. The van der Waals surface area contributed by atoms with Crippen molar-refractivity contribution in [3.05, 3.63) is 0 Å². The first-order valence-corrected chi connectivity index (χ1v) is 7.24. The van der Waals surface area contributed by atoms with Crippen LogP contribution in [0.2, 0.25) is 0 Å². The van der Waals surface area contributed by atoms with Gasteiger partial charge in [0.25, 0.3) is 0 Å². The van der Waals surface area contributed by atoms with Crippen LogP contribution in [0.1, 0.15) is 26.7 Å². The highest BCUT2D eigenvalue weighted by Gasteiger charge is 2.29. The van der Waals surface area contributed by atoms with Gasteiger partial charge >= 0.3 is 12.0 Å². The molecule has 0 aliphatic carbocycles. The van der Waals surface area contributed by atoms with Gasteiger partial charge in [-0.05, 0) is 32.9 Å². The molecule has 1 heterocycles. The summed E-state index contributed by atoms with van der Waals surface area (Å²) in [6.45, 7) is 5.88. The SMILES string of the molecule is CC(C)C(CN(C)C)NC(=O)N1CCCC(C(=O)O)C1. The zero-order valence-corrected chi connectivity index (χ0v) is 12.9. The Hall–Kier alpha value is -1.30. The third-order valence-corrected chi connectivity index (χ3v) is 3.73. The summed E-state index contributed by atoms with van der Waals surface area (Å²) in [6.07, 6.45) is 1.41. The standard InChI is InChI=1S/C14H27N3O3/c1-10(2)12(9-16(3)4)15-14(20)17-7-5-6-11(8-17)13(18)19/h10-12H,5-9H2,1-4H3,(H,15,20)(H,18,19). The quantitative estimate of drug-likeness (QED) is 0.793. The Morgan fingerprint density at radius 2 is 2.05 bits per heavy atom. The molecular formula is C14H27N3O3. The number of carboxylic acid groups (broad SMARTS) is 1. The number of likely N-dealkylation sites (N-methyl/N-ethyl adjacent to an activating group) is 1. The van der Waals surface area contributed by atoms with Crippen molar-refractivity contribution in [1.82, 2.24) is 15.1 Å². The first-order valence-electron chi connectivity index (χ1n) is 7.24. The lowest BCUT2D eigenvalue weighted by atomic mass is 9.98. The fourth-order valence-electron chi connectivity index (χ4n) is 2.43. The average molecular weight is 285 g/mol. The molecule has 0 radical (unpaired) electrons. The number of aliphatic carboxylic acids is 1. The van der Waals surface area contributed by atoms with E-state index in [2.05, 4.69) is 19.2 Å². The lowest BCUT2D eigenvalue weighted by Gasteiger charge is -2.33. The van der Waals surface area contributed by atoms with Gasteiger partial charge in [0.05, 0.1) is 5.92 Å². The van der Waals surface area contributed by atoms with E-state index >= 15 is 0 Å². The van der Waals surface area contributed by atoms with Crippen molar-refractivity contribution in [2.75, 3.05) is 33.7 Å². The van der Waals surface area contributed by atoms with Crippen LogP contribution in [0.15, 0.2) is 0 Å². The zero-order chi connectivity index (χ0) is 15.3. The van der Waals surface area contributed by atoms with E-state index in [1.807, 2.05) is 19.0 Å². The summed E-state index contributed by atoms with van der Waals surface area (Å²) in [5, 5.41) is 12.1. The second-order valence-electron chi connectivity index (χ2n) is 6.19. The van der Waals surface area contributed by atoms with Crippen LogP contribution in [0.3, 0.4) is 0 Å². The molecule has 6 heteroatoms. The minimum absolute atomic E-state index is 0.0719. The molecule has 2 unspecified atom stereocenters. The predicted molar refractivity (Wildman–Crippen MR) is 77.6 cm³/mol. The number of rotatable bonds is 5.